The Morgan fingerprint density at radius 1 is 1.28 bits per heavy atom. The molecule has 2 aromatic heterocycles. The summed E-state index contributed by atoms with van der Waals surface area (Å²) in [6.45, 7) is 2.49. The van der Waals surface area contributed by atoms with Crippen molar-refractivity contribution in [3.05, 3.63) is 48.5 Å². The summed E-state index contributed by atoms with van der Waals surface area (Å²) < 4.78 is 7.53. The van der Waals surface area contributed by atoms with Crippen LogP contribution in [-0.4, -0.2) is 64.9 Å². The Bertz CT molecular complexity index is 1170. The number of anilines is 3. The average Bonchev–Trinajstić information content (AvgIpc) is 3.57. The zero-order valence-corrected chi connectivity index (χ0v) is 20.5. The number of likely N-dealkylation sites (N-methyl/N-ethyl adjacent to an activating group) is 1. The fourth-order valence-corrected chi connectivity index (χ4v) is 5.07. The number of rotatable bonds is 10. The van der Waals surface area contributed by atoms with Crippen LogP contribution >= 0.6 is 0 Å². The van der Waals surface area contributed by atoms with Crippen LogP contribution in [0.2, 0.25) is 0 Å². The van der Waals surface area contributed by atoms with E-state index in [0.717, 1.165) is 47.9 Å². The molecule has 0 bridgehead atoms. The van der Waals surface area contributed by atoms with Gasteiger partial charge in [0.05, 0.1) is 25.3 Å². The molecule has 1 saturated carbocycles. The lowest BCUT2D eigenvalue weighted by Gasteiger charge is -2.30. The van der Waals surface area contributed by atoms with Crippen molar-refractivity contribution in [3.63, 3.8) is 0 Å². The fraction of sp³-hybridized carbons (Fsp3) is 0.480. The highest BCUT2D eigenvalue weighted by Crippen LogP contribution is 2.37. The molecule has 192 valence electrons. The molecule has 2 fully saturated rings. The molecular formula is C25H34N8O3. The summed E-state index contributed by atoms with van der Waals surface area (Å²) in [4.78, 5) is 22.7. The number of ether oxygens (including phenoxy) is 1. The molecule has 11 heteroatoms. The minimum Gasteiger partial charge on any atom is -0.379 e. The first kappa shape index (κ1) is 24.4. The van der Waals surface area contributed by atoms with Crippen molar-refractivity contribution >= 4 is 28.7 Å². The second kappa shape index (κ2) is 11.2. The van der Waals surface area contributed by atoms with Crippen molar-refractivity contribution in [2.75, 3.05) is 43.6 Å². The van der Waals surface area contributed by atoms with Crippen molar-refractivity contribution in [3.8, 4) is 0 Å². The molecule has 1 aromatic carbocycles. The Balaban J connectivity index is 1.22. The first-order chi connectivity index (χ1) is 17.6. The smallest absolute Gasteiger partial charge is 0.245 e. The van der Waals surface area contributed by atoms with E-state index in [2.05, 4.69) is 36.6 Å². The lowest BCUT2D eigenvalue weighted by Crippen LogP contribution is -2.35. The quantitative estimate of drug-likeness (QED) is 0.164. The van der Waals surface area contributed by atoms with E-state index in [1.807, 2.05) is 43.7 Å². The largest absolute Gasteiger partial charge is 0.379 e. The van der Waals surface area contributed by atoms with Crippen LogP contribution in [0.25, 0.3) is 5.65 Å². The number of aromatic nitrogens is 3. The number of hydrogen-bond acceptors (Lipinski definition) is 9. The molecule has 3 heterocycles. The molecule has 5 N–H and O–H groups in total. The molecule has 1 aliphatic heterocycles. The molecule has 0 spiro atoms. The summed E-state index contributed by atoms with van der Waals surface area (Å²) in [5.41, 5.74) is 12.2. The Kier molecular flexibility index (Phi) is 7.61. The number of imidazole rings is 1. The van der Waals surface area contributed by atoms with Crippen molar-refractivity contribution in [1.29, 1.82) is 0 Å². The molecule has 11 nitrogen and oxygen atoms in total. The van der Waals surface area contributed by atoms with Gasteiger partial charge in [-0.2, -0.15) is 0 Å². The van der Waals surface area contributed by atoms with Gasteiger partial charge in [-0.1, -0.05) is 0 Å². The van der Waals surface area contributed by atoms with Crippen LogP contribution in [0.5, 0.6) is 0 Å². The molecule has 1 aliphatic carbocycles. The van der Waals surface area contributed by atoms with Crippen LogP contribution in [-0.2, 0) is 9.53 Å². The second-order valence-electron chi connectivity index (χ2n) is 9.57. The van der Waals surface area contributed by atoms with E-state index in [4.69, 9.17) is 14.9 Å². The number of hydroxylamine groups is 1. The third-order valence-corrected chi connectivity index (χ3v) is 7.20. The molecule has 3 aromatic rings. The normalized spacial score (nSPS) is 21.3. The number of carbonyl (C=O) groups excluding carboxylic acids is 1. The van der Waals surface area contributed by atoms with E-state index in [9.17, 15) is 4.79 Å². The van der Waals surface area contributed by atoms with E-state index in [1.54, 1.807) is 5.48 Å². The van der Waals surface area contributed by atoms with Crippen LogP contribution < -0.4 is 26.5 Å². The van der Waals surface area contributed by atoms with Crippen molar-refractivity contribution in [2.24, 2.45) is 5.92 Å². The SMILES string of the molecule is CN(CCOCCC(=O)NO)c1ccc(Nc2nc(C3CCC4CNNC4C3)cn3ccnc23)cc1. The van der Waals surface area contributed by atoms with E-state index in [1.165, 1.54) is 6.42 Å². The van der Waals surface area contributed by atoms with Gasteiger partial charge in [-0.3, -0.25) is 20.9 Å². The third-order valence-electron chi connectivity index (χ3n) is 7.20. The highest BCUT2D eigenvalue weighted by molar-refractivity contribution is 5.74. The monoisotopic (exact) mass is 494 g/mol. The predicted octanol–water partition coefficient (Wildman–Crippen LogP) is 2.18. The number of carbonyl (C=O) groups is 1. The van der Waals surface area contributed by atoms with E-state index in [0.29, 0.717) is 31.0 Å². The van der Waals surface area contributed by atoms with Gasteiger partial charge in [0.2, 0.25) is 5.91 Å². The topological polar surface area (TPSA) is 128 Å². The Labute approximate surface area is 210 Å². The number of hydrazine groups is 1. The van der Waals surface area contributed by atoms with Gasteiger partial charge in [0.15, 0.2) is 11.5 Å². The fourth-order valence-electron chi connectivity index (χ4n) is 5.07. The van der Waals surface area contributed by atoms with Crippen molar-refractivity contribution in [2.45, 2.75) is 37.6 Å². The molecular weight excluding hydrogens is 460 g/mol. The molecule has 0 radical (unpaired) electrons. The van der Waals surface area contributed by atoms with Crippen LogP contribution in [0.15, 0.2) is 42.9 Å². The van der Waals surface area contributed by atoms with Gasteiger partial charge in [0, 0.05) is 62.1 Å². The second-order valence-corrected chi connectivity index (χ2v) is 9.57. The average molecular weight is 495 g/mol. The summed E-state index contributed by atoms with van der Waals surface area (Å²) in [6.07, 6.45) is 9.48. The molecule has 5 rings (SSSR count). The van der Waals surface area contributed by atoms with E-state index < -0.39 is 5.91 Å². The minimum atomic E-state index is -0.449. The highest BCUT2D eigenvalue weighted by Gasteiger charge is 2.35. The molecule has 2 aliphatic rings. The number of nitrogens with one attached hydrogen (secondary N) is 4. The molecule has 36 heavy (non-hydrogen) atoms. The molecule has 1 saturated heterocycles. The zero-order valence-electron chi connectivity index (χ0n) is 20.5. The van der Waals surface area contributed by atoms with Crippen LogP contribution in [0, 0.1) is 5.92 Å². The van der Waals surface area contributed by atoms with Gasteiger partial charge >= 0.3 is 0 Å². The maximum Gasteiger partial charge on any atom is 0.245 e. The summed E-state index contributed by atoms with van der Waals surface area (Å²) >= 11 is 0. The Morgan fingerprint density at radius 2 is 2.14 bits per heavy atom. The Morgan fingerprint density at radius 3 is 2.97 bits per heavy atom. The maximum atomic E-state index is 11.0. The standard InChI is InChI=1S/C25H34N8O3/c1-32(11-13-36-12-8-23(34)31-35)20-6-4-19(5-7-20)28-24-25-26-9-10-33(25)16-22(29-24)17-2-3-18-15-27-30-21(18)14-17/h4-7,9-10,16-18,21,27,30,35H,2-3,8,11-15H2,1H3,(H,28,29)(H,31,34). The van der Waals surface area contributed by atoms with Gasteiger partial charge < -0.3 is 19.4 Å². The first-order valence-electron chi connectivity index (χ1n) is 12.5. The van der Waals surface area contributed by atoms with Crippen LogP contribution in [0.1, 0.15) is 37.3 Å². The third kappa shape index (κ3) is 5.59. The van der Waals surface area contributed by atoms with Crippen LogP contribution in [0.3, 0.4) is 0 Å². The number of fused-ring (bicyclic) bond motifs is 2. The van der Waals surface area contributed by atoms with Crippen molar-refractivity contribution in [1.82, 2.24) is 30.7 Å². The number of hydrogen-bond donors (Lipinski definition) is 5. The number of benzene rings is 1. The van der Waals surface area contributed by atoms with Crippen LogP contribution in [0.4, 0.5) is 17.2 Å². The molecule has 3 atom stereocenters. The summed E-state index contributed by atoms with van der Waals surface area (Å²) in [5.74, 6) is 1.45. The summed E-state index contributed by atoms with van der Waals surface area (Å²) in [6, 6.07) is 8.68. The highest BCUT2D eigenvalue weighted by atomic mass is 16.5. The van der Waals surface area contributed by atoms with E-state index in [-0.39, 0.29) is 13.0 Å². The lowest BCUT2D eigenvalue weighted by molar-refractivity contribution is -0.130. The lowest BCUT2D eigenvalue weighted by atomic mass is 9.78. The molecule has 3 unspecified atom stereocenters. The van der Waals surface area contributed by atoms with Gasteiger partial charge in [0.25, 0.3) is 0 Å². The Hall–Kier alpha value is -3.25. The zero-order chi connectivity index (χ0) is 24.9. The van der Waals surface area contributed by atoms with Gasteiger partial charge in [-0.25, -0.2) is 15.4 Å². The minimum absolute atomic E-state index is 0.134. The van der Waals surface area contributed by atoms with Gasteiger partial charge in [0.1, 0.15) is 0 Å². The predicted molar refractivity (Wildman–Crippen MR) is 136 cm³/mol. The van der Waals surface area contributed by atoms with E-state index >= 15 is 0 Å². The number of nitrogens with zero attached hydrogens (tertiary/aromatic N) is 4. The van der Waals surface area contributed by atoms with Crippen molar-refractivity contribution < 1.29 is 14.7 Å². The first-order valence-corrected chi connectivity index (χ1v) is 12.5. The van der Waals surface area contributed by atoms with Gasteiger partial charge in [-0.15, -0.1) is 0 Å². The van der Waals surface area contributed by atoms with Gasteiger partial charge in [-0.05, 0) is 49.4 Å². The number of amides is 1. The molecule has 1 amide bonds. The summed E-state index contributed by atoms with van der Waals surface area (Å²) in [5, 5.41) is 12.0. The maximum absolute atomic E-state index is 11.0. The summed E-state index contributed by atoms with van der Waals surface area (Å²) in [7, 11) is 1.99.